The van der Waals surface area contributed by atoms with Crippen LogP contribution < -0.4 is 5.32 Å². The molecule has 0 atom stereocenters. The van der Waals surface area contributed by atoms with Gasteiger partial charge in [0.25, 0.3) is 0 Å². The summed E-state index contributed by atoms with van der Waals surface area (Å²) < 4.78 is 0. The zero-order chi connectivity index (χ0) is 19.2. The Bertz CT molecular complexity index is 922. The summed E-state index contributed by atoms with van der Waals surface area (Å²) >= 11 is 1.63. The van der Waals surface area contributed by atoms with E-state index in [0.29, 0.717) is 13.0 Å². The molecule has 1 aliphatic rings. The Labute approximate surface area is 170 Å². The largest absolute Gasteiger partial charge is 0.354 e. The lowest BCUT2D eigenvalue weighted by atomic mass is 10.00. The highest BCUT2D eigenvalue weighted by molar-refractivity contribution is 7.09. The van der Waals surface area contributed by atoms with Crippen molar-refractivity contribution in [1.82, 2.24) is 15.2 Å². The van der Waals surface area contributed by atoms with Crippen LogP contribution in [0.3, 0.4) is 0 Å². The third-order valence-electron chi connectivity index (χ3n) is 5.10. The summed E-state index contributed by atoms with van der Waals surface area (Å²) in [7, 11) is 0. The van der Waals surface area contributed by atoms with Crippen molar-refractivity contribution in [3.63, 3.8) is 0 Å². The summed E-state index contributed by atoms with van der Waals surface area (Å²) in [6, 6.07) is 18.9. The molecule has 5 heteroatoms. The van der Waals surface area contributed by atoms with Crippen molar-refractivity contribution in [3.05, 3.63) is 87.4 Å². The van der Waals surface area contributed by atoms with Crippen LogP contribution in [0.15, 0.2) is 60.0 Å². The van der Waals surface area contributed by atoms with Crippen LogP contribution in [0.1, 0.15) is 27.4 Å². The van der Waals surface area contributed by atoms with Crippen molar-refractivity contribution in [2.45, 2.75) is 25.8 Å². The fourth-order valence-corrected chi connectivity index (χ4v) is 4.44. The molecule has 0 spiro atoms. The molecular formula is C23H25N3OS. The normalized spacial score (nSPS) is 13.9. The third kappa shape index (κ3) is 5.06. The molecule has 1 aliphatic heterocycles. The van der Waals surface area contributed by atoms with Gasteiger partial charge in [-0.05, 0) is 23.1 Å². The molecule has 28 heavy (non-hydrogen) atoms. The zero-order valence-corrected chi connectivity index (χ0v) is 16.8. The summed E-state index contributed by atoms with van der Waals surface area (Å²) in [5.74, 6) is 0.0500. The summed E-state index contributed by atoms with van der Waals surface area (Å²) in [6.07, 6.45) is 2.27. The molecule has 0 unspecified atom stereocenters. The maximum absolute atomic E-state index is 12.3. The smallest absolute Gasteiger partial charge is 0.226 e. The van der Waals surface area contributed by atoms with Crippen LogP contribution in [0.4, 0.5) is 0 Å². The fraction of sp³-hybridized carbons (Fsp3) is 0.304. The highest BCUT2D eigenvalue weighted by atomic mass is 32.1. The van der Waals surface area contributed by atoms with Gasteiger partial charge in [-0.3, -0.25) is 9.69 Å². The van der Waals surface area contributed by atoms with Gasteiger partial charge in [0, 0.05) is 38.0 Å². The minimum atomic E-state index is 0.0500. The predicted molar refractivity (Wildman–Crippen MR) is 113 cm³/mol. The number of carbonyl (C=O) groups excluding carboxylic acids is 1. The number of nitrogens with zero attached hydrogens (tertiary/aromatic N) is 2. The molecular weight excluding hydrogens is 366 g/mol. The van der Waals surface area contributed by atoms with Gasteiger partial charge >= 0.3 is 0 Å². The summed E-state index contributed by atoms with van der Waals surface area (Å²) in [6.45, 7) is 3.60. The standard InChI is InChI=1S/C23H25N3OS/c27-22(15-21-17-28-23(25-21)14-18-6-2-1-3-7-18)24-11-13-26-12-10-19-8-4-5-9-20(19)16-26/h1-9,17H,10-16H2,(H,24,27). The molecule has 144 valence electrons. The SMILES string of the molecule is O=C(Cc1csc(Cc2ccccc2)n1)NCCN1CCc2ccccc2C1. The number of aromatic nitrogens is 1. The van der Waals surface area contributed by atoms with E-state index in [1.165, 1.54) is 16.7 Å². The molecule has 0 bridgehead atoms. The second-order valence-electron chi connectivity index (χ2n) is 7.22. The number of amides is 1. The number of hydrogen-bond acceptors (Lipinski definition) is 4. The average Bonchev–Trinajstić information content (AvgIpc) is 3.15. The lowest BCUT2D eigenvalue weighted by Gasteiger charge is -2.28. The minimum absolute atomic E-state index is 0.0500. The van der Waals surface area contributed by atoms with Crippen LogP contribution in [0.2, 0.25) is 0 Å². The number of hydrogen-bond donors (Lipinski definition) is 1. The zero-order valence-electron chi connectivity index (χ0n) is 15.9. The Balaban J connectivity index is 1.20. The van der Waals surface area contributed by atoms with E-state index < -0.39 is 0 Å². The number of rotatable bonds is 7. The Kier molecular flexibility index (Phi) is 6.14. The van der Waals surface area contributed by atoms with Gasteiger partial charge in [0.1, 0.15) is 0 Å². The lowest BCUT2D eigenvalue weighted by Crippen LogP contribution is -2.38. The first-order valence-corrected chi connectivity index (χ1v) is 10.7. The van der Waals surface area contributed by atoms with Crippen molar-refractivity contribution in [2.75, 3.05) is 19.6 Å². The van der Waals surface area contributed by atoms with Gasteiger partial charge in [-0.25, -0.2) is 4.98 Å². The topological polar surface area (TPSA) is 45.2 Å². The summed E-state index contributed by atoms with van der Waals surface area (Å²) in [4.78, 5) is 19.3. The molecule has 3 aromatic rings. The van der Waals surface area contributed by atoms with E-state index in [0.717, 1.165) is 43.2 Å². The first-order valence-electron chi connectivity index (χ1n) is 9.79. The van der Waals surface area contributed by atoms with Crippen LogP contribution in [-0.4, -0.2) is 35.4 Å². The highest BCUT2D eigenvalue weighted by Crippen LogP contribution is 2.18. The van der Waals surface area contributed by atoms with E-state index in [-0.39, 0.29) is 5.91 Å². The number of thiazole rings is 1. The van der Waals surface area contributed by atoms with Crippen molar-refractivity contribution in [2.24, 2.45) is 0 Å². The number of fused-ring (bicyclic) bond motifs is 1. The van der Waals surface area contributed by atoms with Gasteiger partial charge in [0.05, 0.1) is 17.1 Å². The first-order chi connectivity index (χ1) is 13.8. The minimum Gasteiger partial charge on any atom is -0.354 e. The number of nitrogens with one attached hydrogen (secondary N) is 1. The van der Waals surface area contributed by atoms with E-state index in [2.05, 4.69) is 51.6 Å². The Morgan fingerprint density at radius 1 is 1.07 bits per heavy atom. The summed E-state index contributed by atoms with van der Waals surface area (Å²) in [5, 5.41) is 6.10. The molecule has 0 saturated heterocycles. The van der Waals surface area contributed by atoms with Gasteiger partial charge in [-0.2, -0.15) is 0 Å². The van der Waals surface area contributed by atoms with Gasteiger partial charge < -0.3 is 5.32 Å². The molecule has 2 heterocycles. The molecule has 4 rings (SSSR count). The van der Waals surface area contributed by atoms with Gasteiger partial charge in [0.2, 0.25) is 5.91 Å². The molecule has 1 aromatic heterocycles. The first kappa shape index (κ1) is 18.8. The van der Waals surface area contributed by atoms with E-state index in [4.69, 9.17) is 0 Å². The van der Waals surface area contributed by atoms with Gasteiger partial charge in [-0.1, -0.05) is 54.6 Å². The maximum atomic E-state index is 12.3. The number of benzene rings is 2. The molecule has 1 N–H and O–H groups in total. The second-order valence-corrected chi connectivity index (χ2v) is 8.16. The van der Waals surface area contributed by atoms with E-state index in [9.17, 15) is 4.79 Å². The Hall–Kier alpha value is -2.50. The van der Waals surface area contributed by atoms with E-state index in [1.54, 1.807) is 11.3 Å². The summed E-state index contributed by atoms with van der Waals surface area (Å²) in [5.41, 5.74) is 4.97. The Morgan fingerprint density at radius 3 is 2.71 bits per heavy atom. The molecule has 0 radical (unpaired) electrons. The van der Waals surface area contributed by atoms with Crippen LogP contribution in [0.5, 0.6) is 0 Å². The van der Waals surface area contributed by atoms with Crippen LogP contribution >= 0.6 is 11.3 Å². The Morgan fingerprint density at radius 2 is 1.86 bits per heavy atom. The van der Waals surface area contributed by atoms with Crippen LogP contribution in [-0.2, 0) is 30.6 Å². The molecule has 0 aliphatic carbocycles. The second kappa shape index (κ2) is 9.13. The average molecular weight is 392 g/mol. The molecule has 0 fully saturated rings. The predicted octanol–water partition coefficient (Wildman–Crippen LogP) is 3.45. The van der Waals surface area contributed by atoms with Crippen LogP contribution in [0, 0.1) is 0 Å². The molecule has 2 aromatic carbocycles. The van der Waals surface area contributed by atoms with Crippen molar-refractivity contribution >= 4 is 17.2 Å². The monoisotopic (exact) mass is 391 g/mol. The number of carbonyl (C=O) groups is 1. The van der Waals surface area contributed by atoms with Crippen molar-refractivity contribution in [3.8, 4) is 0 Å². The van der Waals surface area contributed by atoms with Gasteiger partial charge in [0.15, 0.2) is 0 Å². The van der Waals surface area contributed by atoms with Crippen molar-refractivity contribution in [1.29, 1.82) is 0 Å². The fourth-order valence-electron chi connectivity index (χ4n) is 3.61. The van der Waals surface area contributed by atoms with E-state index >= 15 is 0 Å². The maximum Gasteiger partial charge on any atom is 0.226 e. The van der Waals surface area contributed by atoms with E-state index in [1.807, 2.05) is 23.6 Å². The molecule has 4 nitrogen and oxygen atoms in total. The third-order valence-corrected chi connectivity index (χ3v) is 6.00. The van der Waals surface area contributed by atoms with Gasteiger partial charge in [-0.15, -0.1) is 11.3 Å². The highest BCUT2D eigenvalue weighted by Gasteiger charge is 2.15. The lowest BCUT2D eigenvalue weighted by molar-refractivity contribution is -0.120. The van der Waals surface area contributed by atoms with Crippen LogP contribution in [0.25, 0.3) is 0 Å². The van der Waals surface area contributed by atoms with Crippen molar-refractivity contribution < 1.29 is 4.79 Å². The molecule has 1 amide bonds. The quantitative estimate of drug-likeness (QED) is 0.671. The molecule has 0 saturated carbocycles.